The number of hydrogen-bond acceptors (Lipinski definition) is 4. The molecule has 22 heavy (non-hydrogen) atoms. The van der Waals surface area contributed by atoms with E-state index in [1.807, 2.05) is 6.92 Å². The summed E-state index contributed by atoms with van der Waals surface area (Å²) < 4.78 is 1.14. The molecule has 6 heteroatoms. The minimum absolute atomic E-state index is 0.0378. The molecule has 1 atom stereocenters. The van der Waals surface area contributed by atoms with Gasteiger partial charge in [-0.25, -0.2) is 4.98 Å². The van der Waals surface area contributed by atoms with Crippen LogP contribution in [-0.4, -0.2) is 20.6 Å². The van der Waals surface area contributed by atoms with E-state index in [-0.39, 0.29) is 18.4 Å². The summed E-state index contributed by atoms with van der Waals surface area (Å²) in [5.41, 5.74) is 3.24. The molecule has 0 aliphatic heterocycles. The van der Waals surface area contributed by atoms with Gasteiger partial charge in [-0.15, -0.1) is 0 Å². The van der Waals surface area contributed by atoms with E-state index in [9.17, 15) is 9.59 Å². The van der Waals surface area contributed by atoms with Gasteiger partial charge in [0.05, 0.1) is 6.04 Å². The first kappa shape index (κ1) is 14.3. The number of nitrogens with zero attached hydrogens (tertiary/aromatic N) is 2. The lowest BCUT2D eigenvalue weighted by molar-refractivity contribution is -0.137. The van der Waals surface area contributed by atoms with Crippen molar-refractivity contribution < 1.29 is 9.90 Å². The molecule has 1 heterocycles. The number of aryl methyl sites for hydroxylation is 2. The molecule has 3 rings (SSSR count). The van der Waals surface area contributed by atoms with Gasteiger partial charge in [0, 0.05) is 12.4 Å². The van der Waals surface area contributed by atoms with Crippen molar-refractivity contribution in [3.63, 3.8) is 0 Å². The molecule has 0 fully saturated rings. The number of hydrogen-bond donors (Lipinski definition) is 2. The first-order chi connectivity index (χ1) is 10.5. The molecule has 1 aromatic heterocycles. The summed E-state index contributed by atoms with van der Waals surface area (Å²) in [6.07, 6.45) is 4.68. The average molecular weight is 299 g/mol. The highest BCUT2D eigenvalue weighted by atomic mass is 16.4. The number of carboxylic acids is 1. The summed E-state index contributed by atoms with van der Waals surface area (Å²) in [6, 6.07) is 6.37. The Morgan fingerprint density at radius 3 is 3.09 bits per heavy atom. The summed E-state index contributed by atoms with van der Waals surface area (Å²) in [4.78, 5) is 27.1. The van der Waals surface area contributed by atoms with Crippen LogP contribution in [0.15, 0.2) is 35.4 Å². The van der Waals surface area contributed by atoms with E-state index in [2.05, 4.69) is 28.5 Å². The van der Waals surface area contributed by atoms with Crippen LogP contribution in [0.4, 0.5) is 5.82 Å². The maximum atomic E-state index is 12.2. The number of aromatic nitrogens is 2. The summed E-state index contributed by atoms with van der Waals surface area (Å²) >= 11 is 0. The topological polar surface area (TPSA) is 84.2 Å². The monoisotopic (exact) mass is 299 g/mol. The second-order valence-corrected chi connectivity index (χ2v) is 5.54. The number of nitrogens with one attached hydrogen (secondary N) is 1. The first-order valence-corrected chi connectivity index (χ1v) is 7.18. The molecule has 1 aliphatic carbocycles. The Morgan fingerprint density at radius 1 is 1.50 bits per heavy atom. The van der Waals surface area contributed by atoms with E-state index in [1.165, 1.54) is 29.1 Å². The van der Waals surface area contributed by atoms with Gasteiger partial charge in [0.15, 0.2) is 5.82 Å². The largest absolute Gasteiger partial charge is 0.480 e. The number of rotatable bonds is 4. The lowest BCUT2D eigenvalue weighted by Gasteiger charge is -2.15. The van der Waals surface area contributed by atoms with Gasteiger partial charge in [-0.3, -0.25) is 14.2 Å². The molecule has 0 saturated carbocycles. The van der Waals surface area contributed by atoms with Crippen molar-refractivity contribution >= 4 is 11.8 Å². The van der Waals surface area contributed by atoms with Crippen molar-refractivity contribution in [2.45, 2.75) is 32.4 Å². The molecule has 0 amide bonds. The van der Waals surface area contributed by atoms with Gasteiger partial charge >= 0.3 is 5.97 Å². The molecule has 2 N–H and O–H groups in total. The van der Waals surface area contributed by atoms with Gasteiger partial charge in [-0.1, -0.05) is 23.8 Å². The van der Waals surface area contributed by atoms with Gasteiger partial charge in [-0.2, -0.15) is 0 Å². The fourth-order valence-electron chi connectivity index (χ4n) is 2.85. The lowest BCUT2D eigenvalue weighted by atomic mass is 10.1. The molecular formula is C16H17N3O3. The smallest absolute Gasteiger partial charge is 0.323 e. The number of carbonyl (C=O) groups is 1. The van der Waals surface area contributed by atoms with E-state index in [0.717, 1.165) is 17.4 Å². The number of fused-ring (bicyclic) bond motifs is 1. The number of anilines is 1. The van der Waals surface area contributed by atoms with Gasteiger partial charge in [0.25, 0.3) is 5.56 Å². The van der Waals surface area contributed by atoms with Crippen molar-refractivity contribution in [1.29, 1.82) is 0 Å². The van der Waals surface area contributed by atoms with Crippen LogP contribution < -0.4 is 10.9 Å². The molecule has 0 saturated heterocycles. The molecule has 0 spiro atoms. The molecule has 1 aromatic carbocycles. The van der Waals surface area contributed by atoms with Crippen molar-refractivity contribution in [1.82, 2.24) is 9.55 Å². The predicted molar refractivity (Wildman–Crippen MR) is 82.0 cm³/mol. The highest BCUT2D eigenvalue weighted by Gasteiger charge is 2.23. The SMILES string of the molecule is Cc1ccc2c(c1)C(Nc1nccn(CC(=O)O)c1=O)CC2. The molecule has 0 radical (unpaired) electrons. The van der Waals surface area contributed by atoms with Crippen LogP contribution in [0.3, 0.4) is 0 Å². The molecular weight excluding hydrogens is 282 g/mol. The fourth-order valence-corrected chi connectivity index (χ4v) is 2.85. The Morgan fingerprint density at radius 2 is 2.32 bits per heavy atom. The standard InChI is InChI=1S/C16H17N3O3/c1-10-2-3-11-4-5-13(12(11)8-10)18-15-16(22)19(7-6-17-15)9-14(20)21/h2-3,6-8,13H,4-5,9H2,1H3,(H,17,18)(H,20,21). The maximum absolute atomic E-state index is 12.2. The highest BCUT2D eigenvalue weighted by molar-refractivity contribution is 5.66. The average Bonchev–Trinajstić information content (AvgIpc) is 2.85. The first-order valence-electron chi connectivity index (χ1n) is 7.18. The second-order valence-electron chi connectivity index (χ2n) is 5.54. The third-order valence-electron chi connectivity index (χ3n) is 3.91. The van der Waals surface area contributed by atoms with Crippen LogP contribution >= 0.6 is 0 Å². The fraction of sp³-hybridized carbons (Fsp3) is 0.312. The van der Waals surface area contributed by atoms with Crippen molar-refractivity contribution in [2.75, 3.05) is 5.32 Å². The van der Waals surface area contributed by atoms with Gasteiger partial charge < -0.3 is 10.4 Å². The zero-order chi connectivity index (χ0) is 15.7. The highest BCUT2D eigenvalue weighted by Crippen LogP contribution is 2.33. The van der Waals surface area contributed by atoms with Crippen LogP contribution in [-0.2, 0) is 17.8 Å². The zero-order valence-electron chi connectivity index (χ0n) is 12.2. The molecule has 114 valence electrons. The maximum Gasteiger partial charge on any atom is 0.323 e. The quantitative estimate of drug-likeness (QED) is 0.898. The van der Waals surface area contributed by atoms with Crippen LogP contribution in [0.2, 0.25) is 0 Å². The van der Waals surface area contributed by atoms with Crippen molar-refractivity contribution in [3.8, 4) is 0 Å². The lowest BCUT2D eigenvalue weighted by Crippen LogP contribution is -2.28. The minimum atomic E-state index is -1.05. The minimum Gasteiger partial charge on any atom is -0.480 e. The van der Waals surface area contributed by atoms with E-state index < -0.39 is 11.5 Å². The van der Waals surface area contributed by atoms with E-state index in [0.29, 0.717) is 0 Å². The molecule has 0 bridgehead atoms. The Kier molecular flexibility index (Phi) is 3.66. The van der Waals surface area contributed by atoms with Crippen molar-refractivity contribution in [3.05, 3.63) is 57.6 Å². The summed E-state index contributed by atoms with van der Waals surface area (Å²) in [5.74, 6) is -0.857. The van der Waals surface area contributed by atoms with Crippen LogP contribution in [0.5, 0.6) is 0 Å². The third kappa shape index (κ3) is 2.72. The Bertz CT molecular complexity index is 782. The van der Waals surface area contributed by atoms with E-state index >= 15 is 0 Å². The normalized spacial score (nSPS) is 16.3. The Labute approximate surface area is 127 Å². The molecule has 1 aliphatic rings. The Hall–Kier alpha value is -2.63. The molecule has 6 nitrogen and oxygen atoms in total. The summed E-state index contributed by atoms with van der Waals surface area (Å²) in [7, 11) is 0. The molecule has 1 unspecified atom stereocenters. The van der Waals surface area contributed by atoms with Gasteiger partial charge in [0.1, 0.15) is 6.54 Å². The van der Waals surface area contributed by atoms with Crippen LogP contribution in [0, 0.1) is 6.92 Å². The van der Waals surface area contributed by atoms with Crippen LogP contribution in [0.1, 0.15) is 29.2 Å². The number of carboxylic acid groups (broad SMARTS) is 1. The van der Waals surface area contributed by atoms with E-state index in [4.69, 9.17) is 5.11 Å². The summed E-state index contributed by atoms with van der Waals surface area (Å²) in [6.45, 7) is 1.67. The molecule has 2 aromatic rings. The van der Waals surface area contributed by atoms with Crippen molar-refractivity contribution in [2.24, 2.45) is 0 Å². The summed E-state index contributed by atoms with van der Waals surface area (Å²) in [5, 5.41) is 12.0. The Balaban J connectivity index is 1.88. The zero-order valence-corrected chi connectivity index (χ0v) is 12.2. The van der Waals surface area contributed by atoms with Crippen LogP contribution in [0.25, 0.3) is 0 Å². The predicted octanol–water partition coefficient (Wildman–Crippen LogP) is 1.74. The third-order valence-corrected chi connectivity index (χ3v) is 3.91. The van der Waals surface area contributed by atoms with E-state index in [1.54, 1.807) is 0 Å². The van der Waals surface area contributed by atoms with Gasteiger partial charge in [-0.05, 0) is 30.9 Å². The number of aliphatic carboxylic acids is 1. The number of benzene rings is 1. The van der Waals surface area contributed by atoms with Gasteiger partial charge in [0.2, 0.25) is 0 Å². The second kappa shape index (κ2) is 5.63.